The van der Waals surface area contributed by atoms with Crippen molar-refractivity contribution in [2.24, 2.45) is 0 Å². The lowest BCUT2D eigenvalue weighted by Crippen LogP contribution is -2.11. The number of benzene rings is 1. The zero-order valence-corrected chi connectivity index (χ0v) is 15.9. The first-order chi connectivity index (χ1) is 13.5. The van der Waals surface area contributed by atoms with Crippen LogP contribution in [0.1, 0.15) is 18.5 Å². The molecule has 0 aliphatic rings. The van der Waals surface area contributed by atoms with Crippen LogP contribution in [0.15, 0.2) is 54.1 Å². The van der Waals surface area contributed by atoms with Gasteiger partial charge in [-0.1, -0.05) is 17.8 Å². The van der Waals surface area contributed by atoms with E-state index >= 15 is 0 Å². The molecule has 6 nitrogen and oxygen atoms in total. The van der Waals surface area contributed by atoms with Gasteiger partial charge in [0.05, 0.1) is 23.5 Å². The first-order valence-electron chi connectivity index (χ1n) is 8.48. The lowest BCUT2D eigenvalue weighted by molar-refractivity contribution is 0.566. The Hall–Kier alpha value is -3.07. The van der Waals surface area contributed by atoms with Crippen LogP contribution < -0.4 is 5.32 Å². The Labute approximate surface area is 164 Å². The summed E-state index contributed by atoms with van der Waals surface area (Å²) >= 11 is 1.39. The highest BCUT2D eigenvalue weighted by Gasteiger charge is 2.16. The number of nitrogens with zero attached hydrogens (tertiary/aromatic N) is 5. The number of halogens is 2. The first-order valence-corrected chi connectivity index (χ1v) is 9.71. The van der Waals surface area contributed by atoms with Gasteiger partial charge in [0.1, 0.15) is 17.5 Å². The number of fused-ring (bicyclic) bond motifs is 1. The van der Waals surface area contributed by atoms with Crippen molar-refractivity contribution in [3.05, 3.63) is 66.1 Å². The zero-order valence-electron chi connectivity index (χ0n) is 15.1. The second kappa shape index (κ2) is 7.51. The van der Waals surface area contributed by atoms with Crippen LogP contribution in [0.2, 0.25) is 0 Å². The highest BCUT2D eigenvalue weighted by molar-refractivity contribution is 7.98. The minimum Gasteiger partial charge on any atom is -0.363 e. The molecule has 0 saturated heterocycles. The molecule has 0 aliphatic carbocycles. The van der Waals surface area contributed by atoms with Gasteiger partial charge in [-0.25, -0.2) is 28.2 Å². The molecule has 0 aliphatic heterocycles. The SMILES string of the molecule is CSc1nc(NC(C)c2ccc(F)cc2F)cc(-c2cnn3cccnc23)n1. The van der Waals surface area contributed by atoms with Gasteiger partial charge in [-0.2, -0.15) is 5.10 Å². The van der Waals surface area contributed by atoms with Crippen LogP contribution >= 0.6 is 11.8 Å². The second-order valence-electron chi connectivity index (χ2n) is 6.10. The van der Waals surface area contributed by atoms with Gasteiger partial charge in [0, 0.05) is 30.1 Å². The van der Waals surface area contributed by atoms with Crippen LogP contribution in [0, 0.1) is 11.6 Å². The van der Waals surface area contributed by atoms with E-state index in [9.17, 15) is 8.78 Å². The number of nitrogens with one attached hydrogen (secondary N) is 1. The maximum atomic E-state index is 14.1. The molecule has 1 aromatic carbocycles. The Kier molecular flexibility index (Phi) is 4.91. The minimum atomic E-state index is -0.608. The fraction of sp³-hybridized carbons (Fsp3) is 0.158. The van der Waals surface area contributed by atoms with E-state index in [1.165, 1.54) is 23.9 Å². The van der Waals surface area contributed by atoms with Crippen molar-refractivity contribution in [3.8, 4) is 11.3 Å². The van der Waals surface area contributed by atoms with E-state index in [2.05, 4.69) is 25.4 Å². The summed E-state index contributed by atoms with van der Waals surface area (Å²) in [6.45, 7) is 1.79. The lowest BCUT2D eigenvalue weighted by Gasteiger charge is -2.16. The summed E-state index contributed by atoms with van der Waals surface area (Å²) in [5.74, 6) is -0.685. The highest BCUT2D eigenvalue weighted by Crippen LogP contribution is 2.28. The summed E-state index contributed by atoms with van der Waals surface area (Å²) in [6, 6.07) is 6.68. The van der Waals surface area contributed by atoms with Crippen molar-refractivity contribution in [1.82, 2.24) is 24.6 Å². The summed E-state index contributed by atoms with van der Waals surface area (Å²) in [4.78, 5) is 13.4. The molecule has 0 spiro atoms. The van der Waals surface area contributed by atoms with Gasteiger partial charge in [-0.3, -0.25) is 0 Å². The molecular weight excluding hydrogens is 382 g/mol. The van der Waals surface area contributed by atoms with Gasteiger partial charge in [-0.15, -0.1) is 0 Å². The van der Waals surface area contributed by atoms with Gasteiger partial charge in [-0.05, 0) is 25.3 Å². The number of hydrogen-bond donors (Lipinski definition) is 1. The zero-order chi connectivity index (χ0) is 19.7. The summed E-state index contributed by atoms with van der Waals surface area (Å²) in [6.07, 6.45) is 7.07. The Morgan fingerprint density at radius 2 is 2.04 bits per heavy atom. The van der Waals surface area contributed by atoms with Gasteiger partial charge in [0.25, 0.3) is 0 Å². The molecule has 4 rings (SSSR count). The van der Waals surface area contributed by atoms with E-state index < -0.39 is 17.7 Å². The number of rotatable bonds is 5. The van der Waals surface area contributed by atoms with E-state index in [1.807, 2.05) is 6.26 Å². The maximum Gasteiger partial charge on any atom is 0.189 e. The summed E-state index contributed by atoms with van der Waals surface area (Å²) in [5.41, 5.74) is 2.45. The third kappa shape index (κ3) is 3.53. The van der Waals surface area contributed by atoms with Crippen LogP contribution in [0.5, 0.6) is 0 Å². The van der Waals surface area contributed by atoms with Crippen molar-refractivity contribution < 1.29 is 8.78 Å². The average molecular weight is 398 g/mol. The van der Waals surface area contributed by atoms with Crippen LogP contribution in [-0.4, -0.2) is 30.8 Å². The van der Waals surface area contributed by atoms with E-state index in [4.69, 9.17) is 0 Å². The second-order valence-corrected chi connectivity index (χ2v) is 6.88. The van der Waals surface area contributed by atoms with Crippen LogP contribution in [0.3, 0.4) is 0 Å². The Balaban J connectivity index is 1.71. The fourth-order valence-corrected chi connectivity index (χ4v) is 3.27. The van der Waals surface area contributed by atoms with Gasteiger partial charge in [0.2, 0.25) is 0 Å². The van der Waals surface area contributed by atoms with Crippen molar-refractivity contribution in [2.75, 3.05) is 11.6 Å². The van der Waals surface area contributed by atoms with Crippen molar-refractivity contribution in [2.45, 2.75) is 18.1 Å². The monoisotopic (exact) mass is 398 g/mol. The third-order valence-corrected chi connectivity index (χ3v) is 4.78. The summed E-state index contributed by atoms with van der Waals surface area (Å²) in [7, 11) is 0. The molecular formula is C19H16F2N6S. The molecule has 0 saturated carbocycles. The van der Waals surface area contributed by atoms with E-state index in [0.717, 1.165) is 11.6 Å². The molecule has 142 valence electrons. The molecule has 1 unspecified atom stereocenters. The van der Waals surface area contributed by atoms with E-state index in [1.54, 1.807) is 42.2 Å². The minimum absolute atomic E-state index is 0.352. The lowest BCUT2D eigenvalue weighted by atomic mass is 10.1. The molecule has 0 amide bonds. The molecule has 3 heterocycles. The normalized spacial score (nSPS) is 12.3. The predicted octanol–water partition coefficient (Wildman–Crippen LogP) is 4.36. The topological polar surface area (TPSA) is 68.0 Å². The van der Waals surface area contributed by atoms with Crippen molar-refractivity contribution >= 4 is 23.2 Å². The third-order valence-electron chi connectivity index (χ3n) is 4.24. The van der Waals surface area contributed by atoms with Gasteiger partial charge >= 0.3 is 0 Å². The summed E-state index contributed by atoms with van der Waals surface area (Å²) < 4.78 is 28.9. The smallest absolute Gasteiger partial charge is 0.189 e. The number of aromatic nitrogens is 5. The molecule has 1 N–H and O–H groups in total. The van der Waals surface area contributed by atoms with Crippen LogP contribution in [-0.2, 0) is 0 Å². The van der Waals surface area contributed by atoms with E-state index in [0.29, 0.717) is 27.9 Å². The van der Waals surface area contributed by atoms with Gasteiger partial charge in [0.15, 0.2) is 10.8 Å². The molecule has 28 heavy (non-hydrogen) atoms. The number of anilines is 1. The molecule has 0 bridgehead atoms. The quantitative estimate of drug-likeness (QED) is 0.398. The Bertz CT molecular complexity index is 1150. The molecule has 0 radical (unpaired) electrons. The fourth-order valence-electron chi connectivity index (χ4n) is 2.89. The van der Waals surface area contributed by atoms with Crippen molar-refractivity contribution in [3.63, 3.8) is 0 Å². The molecule has 4 aromatic rings. The predicted molar refractivity (Wildman–Crippen MR) is 104 cm³/mol. The molecule has 1 atom stereocenters. The van der Waals surface area contributed by atoms with Crippen LogP contribution in [0.4, 0.5) is 14.6 Å². The standard InChI is InChI=1S/C19H16F2N6S/c1-11(13-5-4-12(20)8-15(13)21)24-17-9-16(25-19(26-17)28-2)14-10-23-27-7-3-6-22-18(14)27/h3-11H,1-2H3,(H,24,25,26). The maximum absolute atomic E-state index is 14.1. The van der Waals surface area contributed by atoms with Gasteiger partial charge < -0.3 is 5.32 Å². The molecule has 0 fully saturated rings. The Morgan fingerprint density at radius 1 is 1.18 bits per heavy atom. The highest BCUT2D eigenvalue weighted by atomic mass is 32.2. The number of thioether (sulfide) groups is 1. The number of hydrogen-bond acceptors (Lipinski definition) is 6. The van der Waals surface area contributed by atoms with Crippen molar-refractivity contribution in [1.29, 1.82) is 0 Å². The largest absolute Gasteiger partial charge is 0.363 e. The van der Waals surface area contributed by atoms with E-state index in [-0.39, 0.29) is 0 Å². The average Bonchev–Trinajstić information content (AvgIpc) is 3.11. The van der Waals surface area contributed by atoms with Crippen LogP contribution in [0.25, 0.3) is 16.9 Å². The Morgan fingerprint density at radius 3 is 2.82 bits per heavy atom. The summed E-state index contributed by atoms with van der Waals surface area (Å²) in [5, 5.41) is 8.02. The molecule has 3 aromatic heterocycles. The first kappa shape index (κ1) is 18.3. The molecule has 9 heteroatoms.